The van der Waals surface area contributed by atoms with Gasteiger partial charge in [-0.25, -0.2) is 5.43 Å². The monoisotopic (exact) mass is 333 g/mol. The van der Waals surface area contributed by atoms with E-state index in [1.807, 2.05) is 60.7 Å². The SMILES string of the molecule is COc1ccc(NCC(=O)N/N=C\c2ccc3ccccc3c2)cc1. The lowest BCUT2D eigenvalue weighted by Crippen LogP contribution is -2.25. The summed E-state index contributed by atoms with van der Waals surface area (Å²) >= 11 is 0. The third-order valence-electron chi connectivity index (χ3n) is 3.72. The van der Waals surface area contributed by atoms with Crippen LogP contribution in [0.25, 0.3) is 10.8 Å². The largest absolute Gasteiger partial charge is 0.497 e. The number of amides is 1. The summed E-state index contributed by atoms with van der Waals surface area (Å²) in [6, 6.07) is 21.5. The van der Waals surface area contributed by atoms with Gasteiger partial charge in [-0.05, 0) is 46.7 Å². The number of fused-ring (bicyclic) bond motifs is 1. The van der Waals surface area contributed by atoms with Gasteiger partial charge in [0.05, 0.1) is 19.9 Å². The van der Waals surface area contributed by atoms with Crippen molar-refractivity contribution < 1.29 is 9.53 Å². The number of nitrogens with one attached hydrogen (secondary N) is 2. The van der Waals surface area contributed by atoms with Crippen LogP contribution >= 0.6 is 0 Å². The Morgan fingerprint density at radius 1 is 1.04 bits per heavy atom. The van der Waals surface area contributed by atoms with E-state index in [4.69, 9.17) is 4.74 Å². The van der Waals surface area contributed by atoms with Gasteiger partial charge in [-0.3, -0.25) is 4.79 Å². The van der Waals surface area contributed by atoms with Crippen LogP contribution in [0.4, 0.5) is 5.69 Å². The molecule has 0 radical (unpaired) electrons. The maximum absolute atomic E-state index is 11.8. The third kappa shape index (κ3) is 4.57. The number of hydrogen-bond acceptors (Lipinski definition) is 4. The summed E-state index contributed by atoms with van der Waals surface area (Å²) in [6.45, 7) is 0.140. The minimum absolute atomic E-state index is 0.140. The van der Waals surface area contributed by atoms with E-state index in [2.05, 4.69) is 21.9 Å². The molecule has 0 aliphatic carbocycles. The predicted octanol–water partition coefficient (Wildman–Crippen LogP) is 3.41. The van der Waals surface area contributed by atoms with Crippen molar-refractivity contribution in [2.45, 2.75) is 0 Å². The molecule has 0 bridgehead atoms. The Morgan fingerprint density at radius 3 is 2.56 bits per heavy atom. The maximum Gasteiger partial charge on any atom is 0.259 e. The van der Waals surface area contributed by atoms with E-state index in [0.717, 1.165) is 22.4 Å². The predicted molar refractivity (Wildman–Crippen MR) is 101 cm³/mol. The fourth-order valence-corrected chi connectivity index (χ4v) is 2.40. The molecule has 0 aromatic heterocycles. The Morgan fingerprint density at radius 2 is 1.80 bits per heavy atom. The van der Waals surface area contributed by atoms with E-state index in [-0.39, 0.29) is 12.5 Å². The second-order valence-corrected chi connectivity index (χ2v) is 5.48. The van der Waals surface area contributed by atoms with Crippen LogP contribution in [0.5, 0.6) is 5.75 Å². The molecule has 3 aromatic carbocycles. The standard InChI is InChI=1S/C20H19N3O2/c1-25-19-10-8-18(9-11-19)21-14-20(24)23-22-13-15-6-7-16-4-2-3-5-17(16)12-15/h2-13,21H,14H2,1H3,(H,23,24)/b22-13-. The summed E-state index contributed by atoms with van der Waals surface area (Å²) in [5.41, 5.74) is 4.29. The lowest BCUT2D eigenvalue weighted by Gasteiger charge is -2.06. The van der Waals surface area contributed by atoms with Crippen molar-refractivity contribution in [2.75, 3.05) is 19.0 Å². The normalized spacial score (nSPS) is 10.8. The fourth-order valence-electron chi connectivity index (χ4n) is 2.40. The molecular weight excluding hydrogens is 314 g/mol. The molecule has 0 aliphatic rings. The molecule has 0 spiro atoms. The lowest BCUT2D eigenvalue weighted by molar-refractivity contribution is -0.119. The fraction of sp³-hybridized carbons (Fsp3) is 0.100. The first kappa shape index (κ1) is 16.5. The topological polar surface area (TPSA) is 62.7 Å². The number of hydrogen-bond donors (Lipinski definition) is 2. The van der Waals surface area contributed by atoms with Crippen molar-refractivity contribution in [2.24, 2.45) is 5.10 Å². The molecule has 0 atom stereocenters. The lowest BCUT2D eigenvalue weighted by atomic mass is 10.1. The Bertz CT molecular complexity index is 889. The number of anilines is 1. The minimum atomic E-state index is -0.215. The highest BCUT2D eigenvalue weighted by molar-refractivity contribution is 5.91. The maximum atomic E-state index is 11.8. The second kappa shape index (κ2) is 7.97. The Hall–Kier alpha value is -3.34. The van der Waals surface area contributed by atoms with E-state index in [9.17, 15) is 4.79 Å². The average Bonchev–Trinajstić information content (AvgIpc) is 2.66. The number of nitrogens with zero attached hydrogens (tertiary/aromatic N) is 1. The third-order valence-corrected chi connectivity index (χ3v) is 3.72. The summed E-state index contributed by atoms with van der Waals surface area (Å²) in [4.78, 5) is 11.8. The van der Waals surface area contributed by atoms with E-state index >= 15 is 0 Å². The van der Waals surface area contributed by atoms with Crippen molar-refractivity contribution >= 4 is 28.6 Å². The van der Waals surface area contributed by atoms with Gasteiger partial charge in [0.25, 0.3) is 5.91 Å². The highest BCUT2D eigenvalue weighted by atomic mass is 16.5. The number of carbonyl (C=O) groups is 1. The first-order valence-corrected chi connectivity index (χ1v) is 7.93. The number of carbonyl (C=O) groups excluding carboxylic acids is 1. The summed E-state index contributed by atoms with van der Waals surface area (Å²) in [5.74, 6) is 0.558. The number of rotatable bonds is 6. The Kier molecular flexibility index (Phi) is 5.26. The number of ether oxygens (including phenoxy) is 1. The zero-order chi connectivity index (χ0) is 17.5. The van der Waals surface area contributed by atoms with Gasteiger partial charge in [-0.15, -0.1) is 0 Å². The van der Waals surface area contributed by atoms with Gasteiger partial charge in [0.2, 0.25) is 0 Å². The van der Waals surface area contributed by atoms with Gasteiger partial charge >= 0.3 is 0 Å². The number of benzene rings is 3. The minimum Gasteiger partial charge on any atom is -0.497 e. The molecule has 0 unspecified atom stereocenters. The summed E-state index contributed by atoms with van der Waals surface area (Å²) in [7, 11) is 1.61. The molecule has 3 rings (SSSR count). The van der Waals surface area contributed by atoms with Crippen LogP contribution in [-0.2, 0) is 4.79 Å². The van der Waals surface area contributed by atoms with Crippen LogP contribution in [0.2, 0.25) is 0 Å². The molecule has 1 amide bonds. The van der Waals surface area contributed by atoms with Gasteiger partial charge < -0.3 is 10.1 Å². The molecule has 0 heterocycles. The highest BCUT2D eigenvalue weighted by Gasteiger charge is 2.00. The van der Waals surface area contributed by atoms with Crippen LogP contribution in [0, 0.1) is 0 Å². The van der Waals surface area contributed by atoms with E-state index < -0.39 is 0 Å². The van der Waals surface area contributed by atoms with Crippen LogP contribution in [0.1, 0.15) is 5.56 Å². The van der Waals surface area contributed by atoms with Gasteiger partial charge in [0.1, 0.15) is 5.75 Å². The van der Waals surface area contributed by atoms with Gasteiger partial charge in [0.15, 0.2) is 0 Å². The van der Waals surface area contributed by atoms with Crippen molar-refractivity contribution in [3.05, 3.63) is 72.3 Å². The molecule has 25 heavy (non-hydrogen) atoms. The molecule has 126 valence electrons. The molecular formula is C20H19N3O2. The van der Waals surface area contributed by atoms with Crippen LogP contribution in [-0.4, -0.2) is 25.8 Å². The van der Waals surface area contributed by atoms with Gasteiger partial charge in [-0.1, -0.05) is 36.4 Å². The highest BCUT2D eigenvalue weighted by Crippen LogP contribution is 2.15. The summed E-state index contributed by atoms with van der Waals surface area (Å²) in [5, 5.41) is 9.34. The number of hydrazone groups is 1. The molecule has 5 nitrogen and oxygen atoms in total. The van der Waals surface area contributed by atoms with Crippen LogP contribution in [0.15, 0.2) is 71.8 Å². The summed E-state index contributed by atoms with van der Waals surface area (Å²) < 4.78 is 5.09. The summed E-state index contributed by atoms with van der Waals surface area (Å²) in [6.07, 6.45) is 1.64. The Labute approximate surface area is 146 Å². The van der Waals surface area contributed by atoms with Gasteiger partial charge in [-0.2, -0.15) is 5.10 Å². The molecule has 0 saturated heterocycles. The van der Waals surface area contributed by atoms with Crippen LogP contribution < -0.4 is 15.5 Å². The molecule has 0 fully saturated rings. The van der Waals surface area contributed by atoms with Crippen molar-refractivity contribution in [1.82, 2.24) is 5.43 Å². The molecule has 0 aliphatic heterocycles. The Balaban J connectivity index is 1.51. The molecule has 2 N–H and O–H groups in total. The average molecular weight is 333 g/mol. The first-order valence-electron chi connectivity index (χ1n) is 7.93. The second-order valence-electron chi connectivity index (χ2n) is 5.48. The number of methoxy groups -OCH3 is 1. The van der Waals surface area contributed by atoms with E-state index in [1.54, 1.807) is 13.3 Å². The van der Waals surface area contributed by atoms with Gasteiger partial charge in [0, 0.05) is 5.69 Å². The first-order chi connectivity index (χ1) is 12.2. The van der Waals surface area contributed by atoms with E-state index in [1.165, 1.54) is 5.39 Å². The molecule has 5 heteroatoms. The smallest absolute Gasteiger partial charge is 0.259 e. The zero-order valence-corrected chi connectivity index (χ0v) is 13.9. The zero-order valence-electron chi connectivity index (χ0n) is 13.9. The molecule has 0 saturated carbocycles. The van der Waals surface area contributed by atoms with Crippen LogP contribution in [0.3, 0.4) is 0 Å². The van der Waals surface area contributed by atoms with Crippen molar-refractivity contribution in [1.29, 1.82) is 0 Å². The van der Waals surface area contributed by atoms with Crippen molar-refractivity contribution in [3.8, 4) is 5.75 Å². The molecule has 3 aromatic rings. The van der Waals surface area contributed by atoms with Crippen molar-refractivity contribution in [3.63, 3.8) is 0 Å². The quantitative estimate of drug-likeness (QED) is 0.537. The van der Waals surface area contributed by atoms with E-state index in [0.29, 0.717) is 0 Å².